The van der Waals surface area contributed by atoms with Crippen LogP contribution in [0.3, 0.4) is 0 Å². The van der Waals surface area contributed by atoms with E-state index < -0.39 is 5.97 Å². The zero-order valence-corrected chi connectivity index (χ0v) is 11.7. The first-order valence-corrected chi connectivity index (χ1v) is 6.86. The van der Waals surface area contributed by atoms with Crippen molar-refractivity contribution >= 4 is 5.97 Å². The molecule has 0 amide bonds. The van der Waals surface area contributed by atoms with Crippen LogP contribution in [0.25, 0.3) is 0 Å². The number of nitrogens with zero attached hydrogens (tertiary/aromatic N) is 1. The number of carboxylic acid groups (broad SMARTS) is 1. The number of ether oxygens (including phenoxy) is 2. The molecular weight excluding hydrogens is 258 g/mol. The van der Waals surface area contributed by atoms with Gasteiger partial charge in [0.1, 0.15) is 5.75 Å². The molecule has 1 aromatic carbocycles. The molecule has 0 spiro atoms. The Kier molecular flexibility index (Phi) is 5.38. The van der Waals surface area contributed by atoms with E-state index in [0.717, 1.165) is 30.8 Å². The molecule has 0 unspecified atom stereocenters. The highest BCUT2D eigenvalue weighted by Crippen LogP contribution is 2.17. The lowest BCUT2D eigenvalue weighted by atomic mass is 10.1. The fourth-order valence-electron chi connectivity index (χ4n) is 2.48. The zero-order valence-electron chi connectivity index (χ0n) is 11.7. The van der Waals surface area contributed by atoms with Gasteiger partial charge in [-0.25, -0.2) is 0 Å². The SMILES string of the molecule is COc1cccc(CN(CC(=O)O)C[C@@H]2CCCO2)c1. The molecule has 5 heteroatoms. The lowest BCUT2D eigenvalue weighted by Crippen LogP contribution is -2.35. The number of hydrogen-bond acceptors (Lipinski definition) is 4. The summed E-state index contributed by atoms with van der Waals surface area (Å²) >= 11 is 0. The number of carbonyl (C=O) groups is 1. The number of hydrogen-bond donors (Lipinski definition) is 1. The van der Waals surface area contributed by atoms with Gasteiger partial charge >= 0.3 is 5.97 Å². The van der Waals surface area contributed by atoms with Crippen molar-refractivity contribution < 1.29 is 19.4 Å². The summed E-state index contributed by atoms with van der Waals surface area (Å²) in [6, 6.07) is 7.71. The van der Waals surface area contributed by atoms with E-state index in [1.807, 2.05) is 29.2 Å². The minimum Gasteiger partial charge on any atom is -0.497 e. The lowest BCUT2D eigenvalue weighted by molar-refractivity contribution is -0.138. The third kappa shape index (κ3) is 4.51. The van der Waals surface area contributed by atoms with E-state index in [1.165, 1.54) is 0 Å². The standard InChI is InChI=1S/C15H21NO4/c1-19-13-5-2-4-12(8-13)9-16(11-15(17)18)10-14-6-3-7-20-14/h2,4-5,8,14H,3,6-7,9-11H2,1H3,(H,17,18)/t14-/m0/s1. The van der Waals surface area contributed by atoms with Gasteiger partial charge in [0.15, 0.2) is 0 Å². The predicted octanol–water partition coefficient (Wildman–Crippen LogP) is 1.76. The monoisotopic (exact) mass is 279 g/mol. The molecule has 110 valence electrons. The molecule has 20 heavy (non-hydrogen) atoms. The molecule has 1 aliphatic heterocycles. The fourth-order valence-corrected chi connectivity index (χ4v) is 2.48. The first-order valence-electron chi connectivity index (χ1n) is 6.86. The van der Waals surface area contributed by atoms with Crippen molar-refractivity contribution in [2.45, 2.75) is 25.5 Å². The summed E-state index contributed by atoms with van der Waals surface area (Å²) in [5.41, 5.74) is 1.04. The van der Waals surface area contributed by atoms with Crippen LogP contribution in [0, 0.1) is 0 Å². The normalized spacial score (nSPS) is 18.4. The van der Waals surface area contributed by atoms with Gasteiger partial charge in [-0.05, 0) is 30.5 Å². The van der Waals surface area contributed by atoms with Gasteiger partial charge < -0.3 is 14.6 Å². The van der Waals surface area contributed by atoms with Gasteiger partial charge in [-0.1, -0.05) is 12.1 Å². The van der Waals surface area contributed by atoms with Crippen LogP contribution in [0.15, 0.2) is 24.3 Å². The van der Waals surface area contributed by atoms with Crippen molar-refractivity contribution in [1.82, 2.24) is 4.90 Å². The van der Waals surface area contributed by atoms with Crippen LogP contribution < -0.4 is 4.74 Å². The Labute approximate surface area is 119 Å². The molecule has 2 rings (SSSR count). The Morgan fingerprint density at radius 3 is 3.05 bits per heavy atom. The number of rotatable bonds is 7. The molecular formula is C15H21NO4. The summed E-state index contributed by atoms with van der Waals surface area (Å²) in [6.45, 7) is 2.05. The van der Waals surface area contributed by atoms with Gasteiger partial charge in [-0.15, -0.1) is 0 Å². The topological polar surface area (TPSA) is 59.0 Å². The highest BCUT2D eigenvalue weighted by molar-refractivity contribution is 5.69. The molecule has 5 nitrogen and oxygen atoms in total. The van der Waals surface area contributed by atoms with E-state index >= 15 is 0 Å². The number of carboxylic acids is 1. The van der Waals surface area contributed by atoms with Crippen LogP contribution in [0.5, 0.6) is 5.75 Å². The summed E-state index contributed by atoms with van der Waals surface area (Å²) < 4.78 is 10.8. The summed E-state index contributed by atoms with van der Waals surface area (Å²) in [6.07, 6.45) is 2.22. The maximum atomic E-state index is 11.0. The Morgan fingerprint density at radius 1 is 1.55 bits per heavy atom. The lowest BCUT2D eigenvalue weighted by Gasteiger charge is -2.23. The van der Waals surface area contributed by atoms with Crippen LogP contribution in [0.4, 0.5) is 0 Å². The Balaban J connectivity index is 1.99. The minimum atomic E-state index is -0.814. The van der Waals surface area contributed by atoms with Crippen LogP contribution in [-0.4, -0.2) is 48.9 Å². The van der Waals surface area contributed by atoms with Crippen molar-refractivity contribution in [3.63, 3.8) is 0 Å². The molecule has 1 heterocycles. The molecule has 1 fully saturated rings. The van der Waals surface area contributed by atoms with Crippen molar-refractivity contribution in [3.05, 3.63) is 29.8 Å². The van der Waals surface area contributed by atoms with Crippen LogP contribution >= 0.6 is 0 Å². The molecule has 1 aromatic rings. The van der Waals surface area contributed by atoms with E-state index in [0.29, 0.717) is 13.1 Å². The second-order valence-electron chi connectivity index (χ2n) is 5.05. The third-order valence-electron chi connectivity index (χ3n) is 3.39. The highest BCUT2D eigenvalue weighted by Gasteiger charge is 2.20. The molecule has 0 bridgehead atoms. The molecule has 1 saturated heterocycles. The van der Waals surface area contributed by atoms with Crippen LogP contribution in [-0.2, 0) is 16.1 Å². The molecule has 0 saturated carbocycles. The Morgan fingerprint density at radius 2 is 2.40 bits per heavy atom. The highest BCUT2D eigenvalue weighted by atomic mass is 16.5. The second kappa shape index (κ2) is 7.26. The summed E-state index contributed by atoms with van der Waals surface area (Å²) in [4.78, 5) is 12.9. The quantitative estimate of drug-likeness (QED) is 0.824. The molecule has 1 aliphatic rings. The van der Waals surface area contributed by atoms with E-state index in [-0.39, 0.29) is 12.6 Å². The van der Waals surface area contributed by atoms with Gasteiger partial charge in [0.2, 0.25) is 0 Å². The largest absolute Gasteiger partial charge is 0.497 e. The van der Waals surface area contributed by atoms with E-state index in [2.05, 4.69) is 0 Å². The first kappa shape index (κ1) is 14.8. The van der Waals surface area contributed by atoms with Gasteiger partial charge in [-0.3, -0.25) is 9.69 Å². The number of benzene rings is 1. The zero-order chi connectivity index (χ0) is 14.4. The van der Waals surface area contributed by atoms with E-state index in [4.69, 9.17) is 14.6 Å². The molecule has 1 N–H and O–H groups in total. The first-order chi connectivity index (χ1) is 9.67. The van der Waals surface area contributed by atoms with Crippen molar-refractivity contribution in [2.75, 3.05) is 26.8 Å². The minimum absolute atomic E-state index is 0.0249. The molecule has 1 atom stereocenters. The maximum absolute atomic E-state index is 11.0. The summed E-state index contributed by atoms with van der Waals surface area (Å²) in [7, 11) is 1.63. The fraction of sp³-hybridized carbons (Fsp3) is 0.533. The molecule has 0 aromatic heterocycles. The van der Waals surface area contributed by atoms with Gasteiger partial charge in [0, 0.05) is 19.7 Å². The average molecular weight is 279 g/mol. The maximum Gasteiger partial charge on any atom is 0.317 e. The Hall–Kier alpha value is -1.59. The number of methoxy groups -OCH3 is 1. The average Bonchev–Trinajstić information content (AvgIpc) is 2.91. The van der Waals surface area contributed by atoms with Gasteiger partial charge in [-0.2, -0.15) is 0 Å². The summed E-state index contributed by atoms with van der Waals surface area (Å²) in [5, 5.41) is 9.03. The van der Waals surface area contributed by atoms with E-state index in [1.54, 1.807) is 7.11 Å². The predicted molar refractivity (Wildman–Crippen MR) is 74.9 cm³/mol. The molecule has 0 aliphatic carbocycles. The second-order valence-corrected chi connectivity index (χ2v) is 5.05. The van der Waals surface area contributed by atoms with E-state index in [9.17, 15) is 4.79 Å². The van der Waals surface area contributed by atoms with Crippen LogP contribution in [0.2, 0.25) is 0 Å². The van der Waals surface area contributed by atoms with Crippen molar-refractivity contribution in [3.8, 4) is 5.75 Å². The summed E-state index contributed by atoms with van der Waals surface area (Å²) in [5.74, 6) is -0.0271. The Bertz CT molecular complexity index is 443. The van der Waals surface area contributed by atoms with Gasteiger partial charge in [0.05, 0.1) is 19.8 Å². The third-order valence-corrected chi connectivity index (χ3v) is 3.39. The van der Waals surface area contributed by atoms with Crippen molar-refractivity contribution in [1.29, 1.82) is 0 Å². The smallest absolute Gasteiger partial charge is 0.317 e. The van der Waals surface area contributed by atoms with Crippen molar-refractivity contribution in [2.24, 2.45) is 0 Å². The van der Waals surface area contributed by atoms with Gasteiger partial charge in [0.25, 0.3) is 0 Å². The number of aliphatic carboxylic acids is 1. The van der Waals surface area contributed by atoms with Crippen LogP contribution in [0.1, 0.15) is 18.4 Å². The molecule has 0 radical (unpaired) electrons.